The van der Waals surface area contributed by atoms with Crippen LogP contribution in [-0.2, 0) is 0 Å². The van der Waals surface area contributed by atoms with E-state index < -0.39 is 0 Å². The van der Waals surface area contributed by atoms with Crippen LogP contribution in [0.1, 0.15) is 40.0 Å². The first-order chi connectivity index (χ1) is 5.11. The third kappa shape index (κ3) is 2.82. The molecule has 1 nitrogen and oxygen atoms in total. The molecule has 0 heterocycles. The van der Waals surface area contributed by atoms with Crippen molar-refractivity contribution in [2.45, 2.75) is 46.1 Å². The molecule has 0 bridgehead atoms. The summed E-state index contributed by atoms with van der Waals surface area (Å²) >= 11 is 0. The van der Waals surface area contributed by atoms with Crippen LogP contribution in [0.25, 0.3) is 0 Å². The third-order valence-corrected chi connectivity index (χ3v) is 2.67. The fourth-order valence-corrected chi connectivity index (χ4v) is 1.68. The summed E-state index contributed by atoms with van der Waals surface area (Å²) in [7, 11) is 0. The summed E-state index contributed by atoms with van der Waals surface area (Å²) in [5.41, 5.74) is 0. The third-order valence-electron chi connectivity index (χ3n) is 2.67. The van der Waals surface area contributed by atoms with Gasteiger partial charge in [0.05, 0.1) is 6.10 Å². The van der Waals surface area contributed by atoms with Crippen LogP contribution in [0.15, 0.2) is 0 Å². The minimum atomic E-state index is -0.0874. The molecule has 1 saturated carbocycles. The van der Waals surface area contributed by atoms with Crippen LogP contribution < -0.4 is 0 Å². The lowest BCUT2D eigenvalue weighted by Gasteiger charge is -2.21. The molecule has 11 heavy (non-hydrogen) atoms. The summed E-state index contributed by atoms with van der Waals surface area (Å²) in [4.78, 5) is 0. The Kier molecular flexibility index (Phi) is 2.94. The summed E-state index contributed by atoms with van der Waals surface area (Å²) in [6.45, 7) is 6.35. The number of hydrogen-bond donors (Lipinski definition) is 1. The number of aliphatic hydroxyl groups excluding tert-OH is 1. The quantitative estimate of drug-likeness (QED) is 0.663. The van der Waals surface area contributed by atoms with Crippen molar-refractivity contribution >= 4 is 0 Å². The molecule has 0 aromatic carbocycles. The van der Waals surface area contributed by atoms with Crippen LogP contribution in [0.3, 0.4) is 0 Å². The molecule has 0 aliphatic heterocycles. The van der Waals surface area contributed by atoms with Crippen LogP contribution in [-0.4, -0.2) is 11.2 Å². The molecule has 0 aromatic rings. The molecule has 1 aliphatic rings. The average molecular weight is 156 g/mol. The molecule has 0 saturated heterocycles. The lowest BCUT2D eigenvalue weighted by atomic mass is 9.91. The molecule has 0 amide bonds. The second-order valence-electron chi connectivity index (χ2n) is 4.39. The van der Waals surface area contributed by atoms with Gasteiger partial charge in [-0.2, -0.15) is 0 Å². The normalized spacial score (nSPS) is 23.7. The SMILES string of the molecule is CC(C)C(O)C(C)CC1CC1. The zero-order valence-electron chi connectivity index (χ0n) is 7.88. The van der Waals surface area contributed by atoms with Crippen LogP contribution in [0.4, 0.5) is 0 Å². The Morgan fingerprint density at radius 3 is 2.18 bits per heavy atom. The fourth-order valence-electron chi connectivity index (χ4n) is 1.68. The van der Waals surface area contributed by atoms with E-state index in [0.717, 1.165) is 5.92 Å². The van der Waals surface area contributed by atoms with Crippen molar-refractivity contribution in [1.82, 2.24) is 0 Å². The highest BCUT2D eigenvalue weighted by atomic mass is 16.3. The van der Waals surface area contributed by atoms with Gasteiger partial charge < -0.3 is 5.11 Å². The molecule has 66 valence electrons. The minimum Gasteiger partial charge on any atom is -0.393 e. The van der Waals surface area contributed by atoms with E-state index in [1.165, 1.54) is 19.3 Å². The van der Waals surface area contributed by atoms with Gasteiger partial charge in [-0.1, -0.05) is 33.6 Å². The maximum atomic E-state index is 9.67. The topological polar surface area (TPSA) is 20.2 Å². The zero-order chi connectivity index (χ0) is 8.43. The Bertz CT molecular complexity index is 116. The van der Waals surface area contributed by atoms with Crippen LogP contribution in [0.2, 0.25) is 0 Å². The van der Waals surface area contributed by atoms with Gasteiger partial charge in [-0.3, -0.25) is 0 Å². The van der Waals surface area contributed by atoms with Crippen molar-refractivity contribution in [2.75, 3.05) is 0 Å². The highest BCUT2D eigenvalue weighted by molar-refractivity contribution is 4.78. The first-order valence-electron chi connectivity index (χ1n) is 4.79. The first kappa shape index (κ1) is 9.05. The monoisotopic (exact) mass is 156 g/mol. The van der Waals surface area contributed by atoms with Gasteiger partial charge in [0.15, 0.2) is 0 Å². The molecule has 0 spiro atoms. The van der Waals surface area contributed by atoms with E-state index in [4.69, 9.17) is 0 Å². The summed E-state index contributed by atoms with van der Waals surface area (Å²) in [6.07, 6.45) is 3.94. The van der Waals surface area contributed by atoms with Crippen molar-refractivity contribution in [3.63, 3.8) is 0 Å². The maximum absolute atomic E-state index is 9.67. The van der Waals surface area contributed by atoms with E-state index in [2.05, 4.69) is 20.8 Å². The predicted molar refractivity (Wildman–Crippen MR) is 47.3 cm³/mol. The minimum absolute atomic E-state index is 0.0874. The largest absolute Gasteiger partial charge is 0.393 e. The average Bonchev–Trinajstić information content (AvgIpc) is 2.69. The zero-order valence-corrected chi connectivity index (χ0v) is 7.88. The van der Waals surface area contributed by atoms with Gasteiger partial charge in [-0.05, 0) is 24.2 Å². The van der Waals surface area contributed by atoms with Gasteiger partial charge in [0.25, 0.3) is 0 Å². The highest BCUT2D eigenvalue weighted by Gasteiger charge is 2.27. The Balaban J connectivity index is 2.20. The lowest BCUT2D eigenvalue weighted by Crippen LogP contribution is -2.23. The van der Waals surface area contributed by atoms with Gasteiger partial charge in [-0.15, -0.1) is 0 Å². The second kappa shape index (κ2) is 3.57. The van der Waals surface area contributed by atoms with Crippen LogP contribution in [0, 0.1) is 17.8 Å². The molecule has 0 radical (unpaired) electrons. The van der Waals surface area contributed by atoms with Crippen molar-refractivity contribution < 1.29 is 5.11 Å². The molecule has 2 atom stereocenters. The molecule has 1 aliphatic carbocycles. The molecule has 2 unspecified atom stereocenters. The maximum Gasteiger partial charge on any atom is 0.0588 e. The Morgan fingerprint density at radius 1 is 1.27 bits per heavy atom. The second-order valence-corrected chi connectivity index (χ2v) is 4.39. The first-order valence-corrected chi connectivity index (χ1v) is 4.79. The van der Waals surface area contributed by atoms with Gasteiger partial charge >= 0.3 is 0 Å². The molecule has 1 rings (SSSR count). The highest BCUT2D eigenvalue weighted by Crippen LogP contribution is 2.36. The van der Waals surface area contributed by atoms with Crippen LogP contribution >= 0.6 is 0 Å². The van der Waals surface area contributed by atoms with Gasteiger partial charge in [-0.25, -0.2) is 0 Å². The Morgan fingerprint density at radius 2 is 1.82 bits per heavy atom. The van der Waals surface area contributed by atoms with Crippen molar-refractivity contribution in [2.24, 2.45) is 17.8 Å². The Labute approximate surface area is 69.8 Å². The van der Waals surface area contributed by atoms with E-state index in [-0.39, 0.29) is 6.10 Å². The van der Waals surface area contributed by atoms with E-state index in [0.29, 0.717) is 11.8 Å². The van der Waals surface area contributed by atoms with Gasteiger partial charge in [0.2, 0.25) is 0 Å². The van der Waals surface area contributed by atoms with E-state index >= 15 is 0 Å². The van der Waals surface area contributed by atoms with Gasteiger partial charge in [0.1, 0.15) is 0 Å². The molecule has 1 fully saturated rings. The standard InChI is InChI=1S/C10H20O/c1-7(2)10(11)8(3)6-9-4-5-9/h7-11H,4-6H2,1-3H3. The predicted octanol–water partition coefficient (Wildman–Crippen LogP) is 2.44. The molecule has 1 N–H and O–H groups in total. The number of hydrogen-bond acceptors (Lipinski definition) is 1. The fraction of sp³-hybridized carbons (Fsp3) is 1.00. The summed E-state index contributed by atoms with van der Waals surface area (Å²) in [6, 6.07) is 0. The number of aliphatic hydroxyl groups is 1. The van der Waals surface area contributed by atoms with E-state index in [9.17, 15) is 5.11 Å². The Hall–Kier alpha value is -0.0400. The van der Waals surface area contributed by atoms with Crippen molar-refractivity contribution in [1.29, 1.82) is 0 Å². The number of rotatable bonds is 4. The lowest BCUT2D eigenvalue weighted by molar-refractivity contribution is 0.0659. The summed E-state index contributed by atoms with van der Waals surface area (Å²) in [5.74, 6) is 1.87. The summed E-state index contributed by atoms with van der Waals surface area (Å²) in [5, 5.41) is 9.67. The molecular weight excluding hydrogens is 136 g/mol. The smallest absolute Gasteiger partial charge is 0.0588 e. The van der Waals surface area contributed by atoms with Crippen LogP contribution in [0.5, 0.6) is 0 Å². The van der Waals surface area contributed by atoms with Crippen molar-refractivity contribution in [3.05, 3.63) is 0 Å². The molecule has 1 heteroatoms. The molecule has 0 aromatic heterocycles. The molecular formula is C10H20O. The van der Waals surface area contributed by atoms with E-state index in [1.807, 2.05) is 0 Å². The summed E-state index contributed by atoms with van der Waals surface area (Å²) < 4.78 is 0. The van der Waals surface area contributed by atoms with Crippen molar-refractivity contribution in [3.8, 4) is 0 Å². The van der Waals surface area contributed by atoms with Gasteiger partial charge in [0, 0.05) is 0 Å². The van der Waals surface area contributed by atoms with E-state index in [1.54, 1.807) is 0 Å².